The maximum absolute atomic E-state index is 10.2. The summed E-state index contributed by atoms with van der Waals surface area (Å²) in [5, 5.41) is 10.2. The summed E-state index contributed by atoms with van der Waals surface area (Å²) >= 11 is 0. The zero-order valence-corrected chi connectivity index (χ0v) is 10.7. The third-order valence-corrected chi connectivity index (χ3v) is 4.03. The highest BCUT2D eigenvalue weighted by molar-refractivity contribution is 4.92. The Morgan fingerprint density at radius 3 is 2.40 bits per heavy atom. The summed E-state index contributed by atoms with van der Waals surface area (Å²) < 4.78 is 0. The smallest absolute Gasteiger partial charge is 0.0721 e. The van der Waals surface area contributed by atoms with Crippen LogP contribution in [0.15, 0.2) is 0 Å². The predicted octanol–water partition coefficient (Wildman–Crippen LogP) is 2.55. The summed E-state index contributed by atoms with van der Waals surface area (Å²) in [5.74, 6) is 1.05. The number of hydrogen-bond acceptors (Lipinski definition) is 2. The highest BCUT2D eigenvalue weighted by Gasteiger charge is 2.40. The van der Waals surface area contributed by atoms with Crippen molar-refractivity contribution in [1.82, 2.24) is 0 Å². The first-order valence-electron chi connectivity index (χ1n) is 6.31. The van der Waals surface area contributed by atoms with Gasteiger partial charge in [-0.25, -0.2) is 0 Å². The van der Waals surface area contributed by atoms with E-state index in [4.69, 9.17) is 5.73 Å². The van der Waals surface area contributed by atoms with E-state index in [0.29, 0.717) is 17.3 Å². The maximum atomic E-state index is 10.2. The van der Waals surface area contributed by atoms with Gasteiger partial charge in [-0.2, -0.15) is 0 Å². The lowest BCUT2D eigenvalue weighted by atomic mass is 9.72. The molecule has 2 nitrogen and oxygen atoms in total. The van der Waals surface area contributed by atoms with Crippen molar-refractivity contribution in [3.63, 3.8) is 0 Å². The molecule has 0 aromatic carbocycles. The first-order chi connectivity index (χ1) is 6.88. The molecule has 0 heterocycles. The van der Waals surface area contributed by atoms with Crippen molar-refractivity contribution in [3.05, 3.63) is 0 Å². The summed E-state index contributed by atoms with van der Waals surface area (Å²) in [6, 6.07) is -0.0436. The quantitative estimate of drug-likeness (QED) is 0.757. The van der Waals surface area contributed by atoms with Crippen molar-refractivity contribution in [2.24, 2.45) is 23.0 Å². The van der Waals surface area contributed by atoms with Crippen LogP contribution in [0, 0.1) is 17.3 Å². The molecule has 4 atom stereocenters. The van der Waals surface area contributed by atoms with Crippen molar-refractivity contribution in [1.29, 1.82) is 0 Å². The van der Waals surface area contributed by atoms with E-state index >= 15 is 0 Å². The van der Waals surface area contributed by atoms with Crippen molar-refractivity contribution in [2.75, 3.05) is 0 Å². The van der Waals surface area contributed by atoms with Gasteiger partial charge in [0.2, 0.25) is 0 Å². The van der Waals surface area contributed by atoms with Crippen LogP contribution in [-0.4, -0.2) is 17.3 Å². The van der Waals surface area contributed by atoms with E-state index in [9.17, 15) is 5.11 Å². The minimum Gasteiger partial charge on any atom is -0.391 e. The molecule has 0 bridgehead atoms. The van der Waals surface area contributed by atoms with E-state index in [2.05, 4.69) is 27.7 Å². The first-order valence-corrected chi connectivity index (χ1v) is 6.31. The predicted molar refractivity (Wildman–Crippen MR) is 64.6 cm³/mol. The molecule has 0 amide bonds. The molecule has 1 aliphatic carbocycles. The van der Waals surface area contributed by atoms with Crippen molar-refractivity contribution < 1.29 is 5.11 Å². The van der Waals surface area contributed by atoms with Crippen LogP contribution in [0.2, 0.25) is 0 Å². The van der Waals surface area contributed by atoms with Gasteiger partial charge in [0.1, 0.15) is 0 Å². The second-order valence-electron chi connectivity index (χ2n) is 6.13. The van der Waals surface area contributed by atoms with Gasteiger partial charge < -0.3 is 10.8 Å². The number of nitrogens with two attached hydrogens (primary N) is 1. The van der Waals surface area contributed by atoms with Crippen LogP contribution in [0.1, 0.15) is 53.4 Å². The highest BCUT2D eigenvalue weighted by atomic mass is 16.3. The van der Waals surface area contributed by atoms with Gasteiger partial charge in [0.25, 0.3) is 0 Å². The largest absolute Gasteiger partial charge is 0.391 e. The second kappa shape index (κ2) is 4.84. The van der Waals surface area contributed by atoms with Crippen molar-refractivity contribution in [3.8, 4) is 0 Å². The average Bonchev–Trinajstić information content (AvgIpc) is 2.63. The molecule has 90 valence electrons. The summed E-state index contributed by atoms with van der Waals surface area (Å²) in [7, 11) is 0. The summed E-state index contributed by atoms with van der Waals surface area (Å²) in [5.41, 5.74) is 6.25. The van der Waals surface area contributed by atoms with Crippen LogP contribution in [0.3, 0.4) is 0 Å². The maximum Gasteiger partial charge on any atom is 0.0721 e. The van der Waals surface area contributed by atoms with Crippen LogP contribution in [0.5, 0.6) is 0 Å². The van der Waals surface area contributed by atoms with Gasteiger partial charge in [0, 0.05) is 6.04 Å². The lowest BCUT2D eigenvalue weighted by Crippen LogP contribution is -2.43. The molecule has 1 fully saturated rings. The van der Waals surface area contributed by atoms with Gasteiger partial charge >= 0.3 is 0 Å². The van der Waals surface area contributed by atoms with Crippen LogP contribution in [-0.2, 0) is 0 Å². The monoisotopic (exact) mass is 213 g/mol. The molecule has 1 aliphatic rings. The topological polar surface area (TPSA) is 46.2 Å². The van der Waals surface area contributed by atoms with Gasteiger partial charge in [-0.15, -0.1) is 0 Å². The average molecular weight is 213 g/mol. The van der Waals surface area contributed by atoms with Gasteiger partial charge in [-0.05, 0) is 36.5 Å². The summed E-state index contributed by atoms with van der Waals surface area (Å²) in [4.78, 5) is 0. The Kier molecular flexibility index (Phi) is 4.19. The van der Waals surface area contributed by atoms with Crippen LogP contribution >= 0.6 is 0 Å². The van der Waals surface area contributed by atoms with Crippen molar-refractivity contribution in [2.45, 2.75) is 65.5 Å². The molecule has 0 saturated heterocycles. The molecule has 3 N–H and O–H groups in total. The second-order valence-corrected chi connectivity index (χ2v) is 6.13. The first kappa shape index (κ1) is 13.0. The van der Waals surface area contributed by atoms with E-state index in [1.807, 2.05) is 0 Å². The number of aliphatic hydroxyl groups is 1. The number of aliphatic hydroxyl groups excluding tert-OH is 1. The number of hydrogen-bond donors (Lipinski definition) is 2. The molecule has 15 heavy (non-hydrogen) atoms. The van der Waals surface area contributed by atoms with Crippen LogP contribution in [0.25, 0.3) is 0 Å². The number of rotatable bonds is 3. The van der Waals surface area contributed by atoms with E-state index in [0.717, 1.165) is 12.8 Å². The molecule has 4 unspecified atom stereocenters. The van der Waals surface area contributed by atoms with Crippen LogP contribution in [0.4, 0.5) is 0 Å². The minimum absolute atomic E-state index is 0.0436. The Hall–Kier alpha value is -0.0800. The van der Waals surface area contributed by atoms with Crippen LogP contribution < -0.4 is 5.73 Å². The Bertz CT molecular complexity index is 197. The summed E-state index contributed by atoms with van der Waals surface area (Å²) in [6.07, 6.45) is 4.22. The van der Waals surface area contributed by atoms with E-state index < -0.39 is 0 Å². The molecule has 0 aromatic rings. The third-order valence-electron chi connectivity index (χ3n) is 4.03. The molecule has 0 aliphatic heterocycles. The Labute approximate surface area is 94.2 Å². The fourth-order valence-corrected chi connectivity index (χ4v) is 3.03. The van der Waals surface area contributed by atoms with Gasteiger partial charge in [-0.3, -0.25) is 0 Å². The van der Waals surface area contributed by atoms with E-state index in [1.54, 1.807) is 0 Å². The normalized spacial score (nSPS) is 31.6. The molecular formula is C13H27NO. The molecule has 2 heteroatoms. The molecule has 1 rings (SSSR count). The Balaban J connectivity index is 2.68. The molecule has 0 spiro atoms. The zero-order valence-electron chi connectivity index (χ0n) is 10.7. The van der Waals surface area contributed by atoms with Crippen molar-refractivity contribution >= 4 is 0 Å². The van der Waals surface area contributed by atoms with E-state index in [-0.39, 0.29) is 12.1 Å². The highest BCUT2D eigenvalue weighted by Crippen LogP contribution is 2.45. The third kappa shape index (κ3) is 2.94. The Morgan fingerprint density at radius 1 is 1.33 bits per heavy atom. The zero-order chi connectivity index (χ0) is 11.6. The van der Waals surface area contributed by atoms with Gasteiger partial charge in [-0.1, -0.05) is 34.1 Å². The fourth-order valence-electron chi connectivity index (χ4n) is 3.03. The van der Waals surface area contributed by atoms with Gasteiger partial charge in [0.05, 0.1) is 6.10 Å². The Morgan fingerprint density at radius 2 is 1.93 bits per heavy atom. The molecule has 0 radical (unpaired) electrons. The standard InChI is InChI=1S/C13H27NO/c1-5-11(14)12(15)9-7-6-8-10(9)13(2,3)4/h9-12,15H,5-8,14H2,1-4H3. The fraction of sp³-hybridized carbons (Fsp3) is 1.00. The lowest BCUT2D eigenvalue weighted by Gasteiger charge is -2.36. The van der Waals surface area contributed by atoms with Gasteiger partial charge in [0.15, 0.2) is 0 Å². The lowest BCUT2D eigenvalue weighted by molar-refractivity contribution is 0.0298. The molecular weight excluding hydrogens is 186 g/mol. The molecule has 1 saturated carbocycles. The molecule has 0 aromatic heterocycles. The van der Waals surface area contributed by atoms with E-state index in [1.165, 1.54) is 12.8 Å². The summed E-state index contributed by atoms with van der Waals surface area (Å²) in [6.45, 7) is 8.88. The minimum atomic E-state index is -0.304. The SMILES string of the molecule is CCC(N)C(O)C1CCCC1C(C)(C)C.